The number of hydrogen-bond acceptors (Lipinski definition) is 4. The zero-order chi connectivity index (χ0) is 16.9. The molecule has 0 radical (unpaired) electrons. The molecule has 4 atom stereocenters. The second-order valence-corrected chi connectivity index (χ2v) is 7.91. The van der Waals surface area contributed by atoms with E-state index in [9.17, 15) is 14.7 Å². The maximum absolute atomic E-state index is 12.7. The van der Waals surface area contributed by atoms with Crippen LogP contribution in [0.4, 0.5) is 4.79 Å². The number of piperidine rings is 1. The van der Waals surface area contributed by atoms with Gasteiger partial charge < -0.3 is 15.3 Å². The molecule has 1 aromatic heterocycles. The van der Waals surface area contributed by atoms with Crippen LogP contribution in [0.15, 0.2) is 16.9 Å². The van der Waals surface area contributed by atoms with Gasteiger partial charge in [0.25, 0.3) is 0 Å². The van der Waals surface area contributed by atoms with Gasteiger partial charge in [0.05, 0.1) is 15.9 Å². The van der Waals surface area contributed by atoms with Gasteiger partial charge in [0.15, 0.2) is 5.82 Å². The molecule has 0 spiro atoms. The third kappa shape index (κ3) is 2.47. The Morgan fingerprint density at radius 1 is 1.29 bits per heavy atom. The number of carboxylic acid groups (broad SMARTS) is 1. The Bertz CT molecular complexity index is 682. The van der Waals surface area contributed by atoms with Gasteiger partial charge in [0.2, 0.25) is 0 Å². The minimum atomic E-state index is -0.725. The zero-order valence-electron chi connectivity index (χ0n) is 13.1. The summed E-state index contributed by atoms with van der Waals surface area (Å²) in [5.41, 5.74) is -0.548. The van der Waals surface area contributed by atoms with E-state index in [-0.39, 0.29) is 24.0 Å². The topological polar surface area (TPSA) is 95.4 Å². The van der Waals surface area contributed by atoms with Gasteiger partial charge in [-0.3, -0.25) is 4.79 Å². The van der Waals surface area contributed by atoms with Crippen LogP contribution in [0.25, 0.3) is 0 Å². The van der Waals surface area contributed by atoms with Crippen LogP contribution in [0.2, 0.25) is 0 Å². The number of aromatic nitrogens is 2. The van der Waals surface area contributed by atoms with Crippen LogP contribution in [0.3, 0.4) is 0 Å². The van der Waals surface area contributed by atoms with Crippen molar-refractivity contribution >= 4 is 27.9 Å². The van der Waals surface area contributed by atoms with E-state index in [1.807, 2.05) is 0 Å². The maximum atomic E-state index is 12.7. The monoisotopic (exact) mass is 394 g/mol. The Hall–Kier alpha value is -1.70. The molecular weight excluding hydrogens is 376 g/mol. The molecule has 2 amide bonds. The third-order valence-corrected chi connectivity index (χ3v) is 6.05. The van der Waals surface area contributed by atoms with E-state index in [0.717, 1.165) is 23.7 Å². The predicted molar refractivity (Wildman–Crippen MR) is 88.1 cm³/mol. The van der Waals surface area contributed by atoms with Crippen molar-refractivity contribution in [2.24, 2.45) is 11.3 Å². The molecule has 8 heteroatoms. The highest BCUT2D eigenvalue weighted by molar-refractivity contribution is 9.10. The molecule has 3 aliphatic rings. The lowest BCUT2D eigenvalue weighted by Crippen LogP contribution is -2.54. The number of carboxylic acids is 1. The van der Waals surface area contributed by atoms with Crippen LogP contribution in [0.5, 0.6) is 0 Å². The van der Waals surface area contributed by atoms with Gasteiger partial charge >= 0.3 is 12.0 Å². The average molecular weight is 395 g/mol. The molecule has 0 aromatic carbocycles. The van der Waals surface area contributed by atoms with Crippen molar-refractivity contribution < 1.29 is 14.7 Å². The Morgan fingerprint density at radius 2 is 2.04 bits per heavy atom. The highest BCUT2D eigenvalue weighted by atomic mass is 79.9. The van der Waals surface area contributed by atoms with E-state index in [1.165, 1.54) is 0 Å². The summed E-state index contributed by atoms with van der Waals surface area (Å²) in [6.07, 6.45) is 7.49. The molecule has 2 N–H and O–H groups in total. The summed E-state index contributed by atoms with van der Waals surface area (Å²) in [5, 5.41) is 12.2. The van der Waals surface area contributed by atoms with E-state index < -0.39 is 11.4 Å². The number of likely N-dealkylation sites (tertiary alicyclic amines) is 1. The second kappa shape index (κ2) is 5.68. The molecule has 1 aliphatic heterocycles. The number of fused-ring (bicyclic) bond motifs is 1. The number of nitrogens with zero attached hydrogens (tertiary/aromatic N) is 3. The van der Waals surface area contributed by atoms with Gasteiger partial charge in [-0.05, 0) is 54.0 Å². The molecule has 3 fully saturated rings. The van der Waals surface area contributed by atoms with Crippen molar-refractivity contribution in [2.45, 2.75) is 44.2 Å². The molecule has 1 saturated heterocycles. The molecular formula is C16H19BrN4O3. The van der Waals surface area contributed by atoms with Gasteiger partial charge in [-0.1, -0.05) is 0 Å². The van der Waals surface area contributed by atoms with Crippen LogP contribution >= 0.6 is 15.9 Å². The normalized spacial score (nSPS) is 34.0. The number of carbonyl (C=O) groups is 2. The number of nitrogens with one attached hydrogen (secondary N) is 1. The van der Waals surface area contributed by atoms with E-state index >= 15 is 0 Å². The fourth-order valence-electron chi connectivity index (χ4n) is 4.13. The number of amides is 2. The number of carbonyl (C=O) groups excluding carboxylic acids is 1. The molecule has 7 nitrogen and oxygen atoms in total. The molecule has 24 heavy (non-hydrogen) atoms. The first-order chi connectivity index (χ1) is 11.5. The molecule has 4 rings (SSSR count). The van der Waals surface area contributed by atoms with Gasteiger partial charge in [-0.25, -0.2) is 14.8 Å². The lowest BCUT2D eigenvalue weighted by Gasteiger charge is -2.38. The Labute approximate surface area is 148 Å². The third-order valence-electron chi connectivity index (χ3n) is 5.64. The minimum absolute atomic E-state index is 0.0120. The van der Waals surface area contributed by atoms with E-state index in [2.05, 4.69) is 31.2 Å². The first-order valence-electron chi connectivity index (χ1n) is 8.29. The van der Waals surface area contributed by atoms with Crippen LogP contribution in [0, 0.1) is 11.3 Å². The Morgan fingerprint density at radius 3 is 2.67 bits per heavy atom. The Balaban J connectivity index is 1.43. The van der Waals surface area contributed by atoms with Crippen molar-refractivity contribution in [1.82, 2.24) is 20.2 Å². The van der Waals surface area contributed by atoms with Crippen LogP contribution in [-0.4, -0.2) is 44.6 Å². The highest BCUT2D eigenvalue weighted by Gasteiger charge is 2.72. The van der Waals surface area contributed by atoms with E-state index in [1.54, 1.807) is 17.3 Å². The number of aliphatic carboxylic acids is 1. The van der Waals surface area contributed by atoms with Crippen molar-refractivity contribution in [2.75, 3.05) is 6.54 Å². The molecule has 1 aromatic rings. The summed E-state index contributed by atoms with van der Waals surface area (Å²) in [6, 6.07) is -0.250. The maximum Gasteiger partial charge on any atom is 0.318 e. The van der Waals surface area contributed by atoms with Crippen LogP contribution < -0.4 is 5.32 Å². The average Bonchev–Trinajstić information content (AvgIpc) is 3.19. The molecule has 0 bridgehead atoms. The van der Waals surface area contributed by atoms with Crippen molar-refractivity contribution in [1.29, 1.82) is 0 Å². The summed E-state index contributed by atoms with van der Waals surface area (Å²) in [4.78, 5) is 34.4. The predicted octanol–water partition coefficient (Wildman–Crippen LogP) is 2.34. The smallest absolute Gasteiger partial charge is 0.318 e. The summed E-state index contributed by atoms with van der Waals surface area (Å²) in [5.74, 6) is 0.0381. The molecule has 2 heterocycles. The fraction of sp³-hybridized carbons (Fsp3) is 0.625. The molecule has 2 saturated carbocycles. The number of rotatable bonds is 3. The largest absolute Gasteiger partial charge is 0.481 e. The van der Waals surface area contributed by atoms with E-state index in [0.29, 0.717) is 25.2 Å². The fourth-order valence-corrected chi connectivity index (χ4v) is 4.34. The van der Waals surface area contributed by atoms with Crippen molar-refractivity contribution in [3.8, 4) is 0 Å². The van der Waals surface area contributed by atoms with E-state index in [4.69, 9.17) is 0 Å². The van der Waals surface area contributed by atoms with Crippen molar-refractivity contribution in [3.63, 3.8) is 0 Å². The number of urea groups is 1. The first-order valence-corrected chi connectivity index (χ1v) is 9.08. The summed E-state index contributed by atoms with van der Waals surface area (Å²) < 4.78 is 0.811. The standard InChI is InChI=1S/C16H19BrN4O3/c17-9-7-18-13(19-8-9)12-3-1-2-4-21(12)15(24)20-11-6-16(14(22)23)5-10(11)16/h7-8,10-12H,1-6H2,(H,20,24)(H,22,23)/t10-,11+,12?,16-/m0/s1. The van der Waals surface area contributed by atoms with Crippen LogP contribution in [0.1, 0.15) is 44.0 Å². The molecule has 2 aliphatic carbocycles. The second-order valence-electron chi connectivity index (χ2n) is 7.00. The minimum Gasteiger partial charge on any atom is -0.481 e. The van der Waals surface area contributed by atoms with Crippen LogP contribution in [-0.2, 0) is 4.79 Å². The Kier molecular flexibility index (Phi) is 3.74. The number of halogens is 1. The van der Waals surface area contributed by atoms with Gasteiger partial charge in [-0.2, -0.15) is 0 Å². The van der Waals surface area contributed by atoms with Gasteiger partial charge in [0, 0.05) is 25.0 Å². The quantitative estimate of drug-likeness (QED) is 0.819. The lowest BCUT2D eigenvalue weighted by atomic mass is 9.80. The van der Waals surface area contributed by atoms with Gasteiger partial charge in [-0.15, -0.1) is 0 Å². The summed E-state index contributed by atoms with van der Waals surface area (Å²) in [7, 11) is 0. The highest BCUT2D eigenvalue weighted by Crippen LogP contribution is 2.67. The zero-order valence-corrected chi connectivity index (χ0v) is 14.7. The lowest BCUT2D eigenvalue weighted by molar-refractivity contribution is -0.147. The molecule has 1 unspecified atom stereocenters. The summed E-state index contributed by atoms with van der Waals surface area (Å²) in [6.45, 7) is 0.678. The summed E-state index contributed by atoms with van der Waals surface area (Å²) >= 11 is 3.33. The first kappa shape index (κ1) is 15.8. The SMILES string of the molecule is O=C(N[C@@H]1C[C@@]2(C(=O)O)C[C@@H]12)N1CCCCC1c1ncc(Br)cn1. The molecule has 128 valence electrons. The van der Waals surface area contributed by atoms with Gasteiger partial charge in [0.1, 0.15) is 0 Å². The number of hydrogen-bond donors (Lipinski definition) is 2. The van der Waals surface area contributed by atoms with Crippen molar-refractivity contribution in [3.05, 3.63) is 22.7 Å².